The van der Waals surface area contributed by atoms with E-state index in [-0.39, 0.29) is 111 Å². The number of thiazole rings is 1. The molecule has 2 aliphatic carbocycles. The molecule has 0 spiro atoms. The number of nitrogens with two attached hydrogens (primary N) is 1. The minimum Gasteiger partial charge on any atom is -0.481 e. The van der Waals surface area contributed by atoms with Crippen LogP contribution in [0.1, 0.15) is 161 Å². The maximum Gasteiger partial charge on any atom is 0.410 e. The van der Waals surface area contributed by atoms with Crippen molar-refractivity contribution in [1.82, 2.24) is 45.5 Å². The number of nitrogens with one attached hydrogen (secondary N) is 5. The van der Waals surface area contributed by atoms with Crippen molar-refractivity contribution in [3.63, 3.8) is 0 Å². The number of pyridine rings is 1. The van der Waals surface area contributed by atoms with Crippen LogP contribution >= 0.6 is 11.3 Å². The van der Waals surface area contributed by atoms with Crippen LogP contribution in [-0.2, 0) is 64.4 Å². The quantitative estimate of drug-likeness (QED) is 0.0138. The third-order valence-electron chi connectivity index (χ3n) is 19.8. The van der Waals surface area contributed by atoms with Crippen molar-refractivity contribution in [2.45, 2.75) is 168 Å². The van der Waals surface area contributed by atoms with Crippen molar-refractivity contribution >= 4 is 97.7 Å². The number of carboxylic acids is 2. The molecule has 3 unspecified atom stereocenters. The molecular formula is C74H91N13O14S. The maximum absolute atomic E-state index is 13.9. The highest BCUT2D eigenvalue weighted by Crippen LogP contribution is 2.63. The number of nitrogens with zero attached hydrogens (tertiary/aromatic N) is 7. The summed E-state index contributed by atoms with van der Waals surface area (Å²) in [4.78, 5) is 142. The highest BCUT2D eigenvalue weighted by Gasteiger charge is 2.58. The smallest absolute Gasteiger partial charge is 0.410 e. The molecule has 9 amide bonds. The average Bonchev–Trinajstić information content (AvgIpc) is 1.56. The van der Waals surface area contributed by atoms with Crippen LogP contribution < -0.4 is 37.2 Å². The van der Waals surface area contributed by atoms with Crippen LogP contribution in [-0.4, -0.2) is 156 Å². The van der Waals surface area contributed by atoms with Crippen molar-refractivity contribution in [3.05, 3.63) is 131 Å². The SMILES string of the molecule is CCCC1(C)CC2(Cn3ncc(-c4ccc(N5CCc6cccc(C(=O)Nc7nc8ccccc8s7)c6C5)nc4C(=O)O)c3C)CCC(OCCN(CCC(=O)O)C(=O)OCc3ccc(NC(=O)[C@H](CCCNC(N)=O)NC(=O)[C@@H](NC(=O)CCCCCN4C(=O)C=CC4=O)C(C)C)cc3)(C1)C2. The molecule has 27 nitrogen and oxygen atoms in total. The number of aromatic carboxylic acids is 1. The van der Waals surface area contributed by atoms with Gasteiger partial charge in [0.2, 0.25) is 17.7 Å². The normalized spacial score (nSPS) is 18.9. The zero-order valence-corrected chi connectivity index (χ0v) is 59.2. The Balaban J connectivity index is 0.737. The van der Waals surface area contributed by atoms with E-state index in [1.165, 1.54) is 28.4 Å². The minimum atomic E-state index is -1.18. The van der Waals surface area contributed by atoms with Gasteiger partial charge in [0.1, 0.15) is 24.5 Å². The molecule has 4 aliphatic rings. The van der Waals surface area contributed by atoms with Gasteiger partial charge in [-0.1, -0.05) is 88.3 Å². The number of urea groups is 1. The molecule has 28 heteroatoms. The van der Waals surface area contributed by atoms with Crippen molar-refractivity contribution in [2.75, 3.05) is 54.9 Å². The van der Waals surface area contributed by atoms with E-state index in [0.29, 0.717) is 90.6 Å². The van der Waals surface area contributed by atoms with Crippen LogP contribution in [0.25, 0.3) is 21.3 Å². The summed E-state index contributed by atoms with van der Waals surface area (Å²) in [7, 11) is 0. The van der Waals surface area contributed by atoms with Gasteiger partial charge in [-0.2, -0.15) is 5.10 Å². The number of hydrogen-bond donors (Lipinski definition) is 8. The summed E-state index contributed by atoms with van der Waals surface area (Å²) in [6.07, 6.45) is 11.6. The van der Waals surface area contributed by atoms with Crippen molar-refractivity contribution in [3.8, 4) is 11.1 Å². The number of para-hydroxylation sites is 1. The van der Waals surface area contributed by atoms with E-state index in [2.05, 4.69) is 45.4 Å². The van der Waals surface area contributed by atoms with Gasteiger partial charge in [0.05, 0.1) is 35.0 Å². The Morgan fingerprint density at radius 2 is 1.59 bits per heavy atom. The van der Waals surface area contributed by atoms with E-state index < -0.39 is 53.6 Å². The topological polar surface area (TPSA) is 369 Å². The highest BCUT2D eigenvalue weighted by atomic mass is 32.1. The Hall–Kier alpha value is -10.1. The van der Waals surface area contributed by atoms with Crippen LogP contribution in [0.5, 0.6) is 0 Å². The molecule has 5 atom stereocenters. The summed E-state index contributed by atoms with van der Waals surface area (Å²) in [6, 6.07) is 20.6. The van der Waals surface area contributed by atoms with Gasteiger partial charge >= 0.3 is 24.1 Å². The molecule has 102 heavy (non-hydrogen) atoms. The number of primary amides is 1. The molecule has 2 bridgehead atoms. The van der Waals surface area contributed by atoms with Gasteiger partial charge in [-0.15, -0.1) is 0 Å². The lowest BCUT2D eigenvalue weighted by Gasteiger charge is -2.49. The second-order valence-electron chi connectivity index (χ2n) is 28.0. The number of aromatic nitrogens is 4. The zero-order chi connectivity index (χ0) is 72.9. The number of carboxylic acid groups (broad SMARTS) is 2. The molecule has 0 saturated heterocycles. The summed E-state index contributed by atoms with van der Waals surface area (Å²) < 4.78 is 15.7. The zero-order valence-electron chi connectivity index (χ0n) is 58.3. The van der Waals surface area contributed by atoms with Crippen molar-refractivity contribution < 1.29 is 67.6 Å². The Kier molecular flexibility index (Phi) is 24.2. The van der Waals surface area contributed by atoms with E-state index in [0.717, 1.165) is 70.5 Å². The molecule has 2 saturated carbocycles. The number of unbranched alkanes of at least 4 members (excludes halogenated alkanes) is 2. The van der Waals surface area contributed by atoms with E-state index in [1.54, 1.807) is 56.4 Å². The summed E-state index contributed by atoms with van der Waals surface area (Å²) in [6.45, 7) is 11.6. The molecule has 9 N–H and O–H groups in total. The van der Waals surface area contributed by atoms with Gasteiger partial charge < -0.3 is 56.5 Å². The summed E-state index contributed by atoms with van der Waals surface area (Å²) in [5.41, 5.74) is 10.2. The van der Waals surface area contributed by atoms with E-state index in [1.807, 2.05) is 59.0 Å². The van der Waals surface area contributed by atoms with Crippen LogP contribution in [0.3, 0.4) is 0 Å². The molecule has 3 aromatic carbocycles. The number of aliphatic carboxylic acids is 1. The minimum absolute atomic E-state index is 0.0550. The lowest BCUT2D eigenvalue weighted by Crippen LogP contribution is -2.54. The number of carbonyl (C=O) groups is 10. The number of hydrogen-bond acceptors (Lipinski definition) is 17. The van der Waals surface area contributed by atoms with Gasteiger partial charge in [-0.25, -0.2) is 24.4 Å². The third-order valence-corrected chi connectivity index (χ3v) is 20.7. The first kappa shape index (κ1) is 74.6. The van der Waals surface area contributed by atoms with Crippen LogP contribution in [0.2, 0.25) is 0 Å². The Labute approximate surface area is 595 Å². The number of carbonyl (C=O) groups excluding carboxylic acids is 8. The standard InChI is InChI=1S/C74H91N13O14S/c1-6-30-72(5)42-73(45-87-47(4)53(39-77-87)51-24-25-58(81-64(51)68(96)97)85-35-28-49-14-12-15-52(54(49)40-85)65(93)83-70-80-55-16-9-10-18-57(55)102-70)31-32-74(43-72,44-73)101-38-37-84(36-29-62(91)92)71(99)100-41-48-20-22-50(23-21-48)78-66(94)56(17-13-33-76-69(75)98)79-67(95)63(46(2)3)82-59(88)19-8-7-11-34-86-60(89)26-27-61(86)90/h9-10,12,14-16,18,20-27,39,46,56,63H,6-8,11,13,17,19,28-38,40-45H2,1-5H3,(H,78,94)(H,79,95)(H,82,88)(H,91,92)(H,96,97)(H3,75,76,98)(H,80,83,93)/t56-,63-,72?,73?,74?/m0/s1. The largest absolute Gasteiger partial charge is 0.481 e. The number of ether oxygens (including phenoxy) is 2. The second-order valence-corrected chi connectivity index (χ2v) is 29.0. The number of rotatable bonds is 34. The Morgan fingerprint density at radius 3 is 2.31 bits per heavy atom. The first-order valence-electron chi connectivity index (χ1n) is 35.0. The van der Waals surface area contributed by atoms with Crippen LogP contribution in [0.4, 0.5) is 26.2 Å². The van der Waals surface area contributed by atoms with Crippen LogP contribution in [0, 0.1) is 23.7 Å². The fourth-order valence-corrected chi connectivity index (χ4v) is 15.9. The summed E-state index contributed by atoms with van der Waals surface area (Å²) >= 11 is 1.40. The monoisotopic (exact) mass is 1420 g/mol. The lowest BCUT2D eigenvalue weighted by atomic mass is 9.60. The molecule has 2 aliphatic heterocycles. The number of amides is 9. The Morgan fingerprint density at radius 1 is 0.814 bits per heavy atom. The third kappa shape index (κ3) is 18.7. The summed E-state index contributed by atoms with van der Waals surface area (Å²) in [5, 5.41) is 39.7. The maximum atomic E-state index is 13.9. The number of benzene rings is 3. The van der Waals surface area contributed by atoms with E-state index in [9.17, 15) is 58.2 Å². The fourth-order valence-electron chi connectivity index (χ4n) is 15.1. The number of anilines is 3. The van der Waals surface area contributed by atoms with Gasteiger partial charge in [-0.3, -0.25) is 48.5 Å². The first-order valence-corrected chi connectivity index (χ1v) is 35.8. The lowest BCUT2D eigenvalue weighted by molar-refractivity contribution is -0.138. The molecule has 5 heterocycles. The molecule has 6 aromatic rings. The van der Waals surface area contributed by atoms with Gasteiger partial charge in [0.15, 0.2) is 10.8 Å². The predicted molar refractivity (Wildman–Crippen MR) is 382 cm³/mol. The molecule has 10 rings (SSSR count). The Bertz CT molecular complexity index is 4100. The van der Waals surface area contributed by atoms with E-state index in [4.69, 9.17) is 25.3 Å². The molecule has 3 aromatic heterocycles. The van der Waals surface area contributed by atoms with Crippen molar-refractivity contribution in [1.29, 1.82) is 0 Å². The van der Waals surface area contributed by atoms with Crippen molar-refractivity contribution in [2.24, 2.45) is 22.5 Å². The number of imide groups is 1. The van der Waals surface area contributed by atoms with Gasteiger partial charge in [0.25, 0.3) is 17.7 Å². The fraction of sp³-hybridized carbons (Fsp3) is 0.473. The average molecular weight is 1420 g/mol. The number of fused-ring (bicyclic) bond motifs is 4. The molecule has 542 valence electrons. The second kappa shape index (κ2) is 33.1. The van der Waals surface area contributed by atoms with Gasteiger partial charge in [-0.05, 0) is 153 Å². The summed E-state index contributed by atoms with van der Waals surface area (Å²) in [5.74, 6) is -4.75. The van der Waals surface area contributed by atoms with E-state index >= 15 is 0 Å². The molecular weight excluding hydrogens is 1330 g/mol. The molecule has 2 fully saturated rings. The first-order chi connectivity index (χ1) is 48.8. The highest BCUT2D eigenvalue weighted by molar-refractivity contribution is 7.22. The molecule has 0 radical (unpaired) electrons. The van der Waals surface area contributed by atoms with Gasteiger partial charge in [0, 0.05) is 92.5 Å². The predicted octanol–water partition coefficient (Wildman–Crippen LogP) is 9.51. The van der Waals surface area contributed by atoms with Crippen LogP contribution in [0.15, 0.2) is 97.2 Å².